The van der Waals surface area contributed by atoms with Crippen molar-refractivity contribution in [3.8, 4) is 11.1 Å². The predicted molar refractivity (Wildman–Crippen MR) is 140 cm³/mol. The van der Waals surface area contributed by atoms with Crippen LogP contribution in [0, 0.1) is 0 Å². The Morgan fingerprint density at radius 1 is 0.943 bits per heavy atom. The number of benzene rings is 1. The lowest BCUT2D eigenvalue weighted by molar-refractivity contribution is 0.102. The van der Waals surface area contributed by atoms with E-state index in [2.05, 4.69) is 37.2 Å². The monoisotopic (exact) mass is 457 g/mol. The minimum atomic E-state index is -1.58. The number of anilines is 2. The molecule has 1 amide bonds. The molecule has 0 bridgehead atoms. The molecule has 5 rings (SSSR count). The number of carbonyl (C=O) groups excluding carboxylic acids is 1. The lowest BCUT2D eigenvalue weighted by Gasteiger charge is -2.33. The highest BCUT2D eigenvalue weighted by molar-refractivity contribution is 6.56. The maximum Gasteiger partial charge on any atom is 0.257 e. The van der Waals surface area contributed by atoms with Gasteiger partial charge in [-0.15, -0.1) is 0 Å². The average Bonchev–Trinajstić information content (AvgIpc) is 3.35. The van der Waals surface area contributed by atoms with Crippen molar-refractivity contribution in [2.24, 2.45) is 0 Å². The number of amides is 1. The topological polar surface area (TPSA) is 79.2 Å². The number of pyridine rings is 2. The van der Waals surface area contributed by atoms with Gasteiger partial charge in [-0.2, -0.15) is 5.10 Å². The summed E-state index contributed by atoms with van der Waals surface area (Å²) in [6.07, 6.45) is 6.73. The number of hydrogen-bond donors (Lipinski definition) is 1. The number of likely N-dealkylation sites (N-methyl/N-ethyl adjacent to an activating group) is 1. The van der Waals surface area contributed by atoms with Gasteiger partial charge in [-0.1, -0.05) is 12.1 Å². The van der Waals surface area contributed by atoms with E-state index in [4.69, 9.17) is 23.5 Å². The third kappa shape index (κ3) is 5.10. The SMILES string of the molecule is [B]C([B])([B])n1cc(-c2ccc3cnc(NC(=O)c4ccnc(N5CCN(C)CC5)c4)cc3c2)cn1. The molecule has 0 unspecified atom stereocenters. The van der Waals surface area contributed by atoms with E-state index in [-0.39, 0.29) is 5.91 Å². The fraction of sp³-hybridized carbons (Fsp3) is 0.250. The first-order chi connectivity index (χ1) is 16.8. The van der Waals surface area contributed by atoms with Gasteiger partial charge in [0, 0.05) is 61.3 Å². The largest absolute Gasteiger partial charge is 0.354 e. The number of rotatable bonds is 5. The van der Waals surface area contributed by atoms with Gasteiger partial charge in [0.15, 0.2) is 0 Å². The predicted octanol–water partition coefficient (Wildman–Crippen LogP) is 1.57. The summed E-state index contributed by atoms with van der Waals surface area (Å²) >= 11 is 0. The van der Waals surface area contributed by atoms with Crippen molar-refractivity contribution < 1.29 is 4.79 Å². The van der Waals surface area contributed by atoms with Crippen LogP contribution in [0.2, 0.25) is 0 Å². The van der Waals surface area contributed by atoms with Crippen LogP contribution in [0.5, 0.6) is 0 Å². The maximum atomic E-state index is 13.0. The molecule has 1 N–H and O–H groups in total. The van der Waals surface area contributed by atoms with Crippen molar-refractivity contribution in [1.29, 1.82) is 0 Å². The number of fused-ring (bicyclic) bond motifs is 1. The van der Waals surface area contributed by atoms with E-state index in [1.165, 1.54) is 4.68 Å². The molecular formula is C24H22B3N7O. The molecule has 1 aliphatic heterocycles. The molecule has 0 atom stereocenters. The second-order valence-corrected chi connectivity index (χ2v) is 8.84. The number of piperazine rings is 1. The first-order valence-corrected chi connectivity index (χ1v) is 11.3. The second-order valence-electron chi connectivity index (χ2n) is 8.84. The maximum absolute atomic E-state index is 13.0. The minimum absolute atomic E-state index is 0.239. The van der Waals surface area contributed by atoms with Gasteiger partial charge in [-0.3, -0.25) is 9.48 Å². The van der Waals surface area contributed by atoms with Crippen molar-refractivity contribution in [2.75, 3.05) is 43.4 Å². The van der Waals surface area contributed by atoms with Crippen LogP contribution in [0.15, 0.2) is 61.2 Å². The Hall–Kier alpha value is -3.59. The quantitative estimate of drug-likeness (QED) is 0.459. The molecule has 1 fully saturated rings. The van der Waals surface area contributed by atoms with Crippen LogP contribution in [0.4, 0.5) is 11.6 Å². The number of nitrogens with one attached hydrogen (secondary N) is 1. The molecule has 6 radical (unpaired) electrons. The highest BCUT2D eigenvalue weighted by Crippen LogP contribution is 2.26. The third-order valence-corrected chi connectivity index (χ3v) is 6.11. The van der Waals surface area contributed by atoms with Crippen LogP contribution < -0.4 is 10.2 Å². The zero-order valence-corrected chi connectivity index (χ0v) is 19.4. The Morgan fingerprint density at radius 3 is 2.49 bits per heavy atom. The highest BCUT2D eigenvalue weighted by atomic mass is 16.1. The van der Waals surface area contributed by atoms with Crippen molar-refractivity contribution in [3.05, 3.63) is 66.7 Å². The molecule has 4 heterocycles. The summed E-state index contributed by atoms with van der Waals surface area (Å²) < 4.78 is 1.30. The molecule has 1 aromatic carbocycles. The fourth-order valence-electron chi connectivity index (χ4n) is 4.03. The van der Waals surface area contributed by atoms with E-state index < -0.39 is 5.24 Å². The number of carbonyl (C=O) groups is 1. The van der Waals surface area contributed by atoms with Gasteiger partial charge >= 0.3 is 0 Å². The number of hydrogen-bond acceptors (Lipinski definition) is 6. The zero-order valence-electron chi connectivity index (χ0n) is 19.4. The fourth-order valence-corrected chi connectivity index (χ4v) is 4.03. The third-order valence-electron chi connectivity index (χ3n) is 6.11. The van der Waals surface area contributed by atoms with Crippen LogP contribution in [0.3, 0.4) is 0 Å². The van der Waals surface area contributed by atoms with Gasteiger partial charge < -0.3 is 15.1 Å². The summed E-state index contributed by atoms with van der Waals surface area (Å²) in [6.45, 7) is 3.69. The molecule has 11 heteroatoms. The van der Waals surface area contributed by atoms with Gasteiger partial charge in [0.25, 0.3) is 5.91 Å². The summed E-state index contributed by atoms with van der Waals surface area (Å²) in [5.74, 6) is 1.02. The first kappa shape index (κ1) is 23.2. The molecule has 1 saturated heterocycles. The number of aromatic nitrogens is 4. The molecule has 1 aliphatic rings. The Kier molecular flexibility index (Phi) is 6.11. The second kappa shape index (κ2) is 9.22. The van der Waals surface area contributed by atoms with Crippen molar-refractivity contribution in [2.45, 2.75) is 5.24 Å². The molecule has 4 aromatic rings. The van der Waals surface area contributed by atoms with E-state index in [9.17, 15) is 4.79 Å². The van der Waals surface area contributed by atoms with E-state index in [0.29, 0.717) is 11.4 Å². The Bertz CT molecular complexity index is 1380. The molecule has 3 aromatic heterocycles. The van der Waals surface area contributed by atoms with Crippen LogP contribution in [0.1, 0.15) is 10.4 Å². The standard InChI is InChI=1S/C24H22B3N7O/c1-32-6-8-33(9-7-32)22-12-17(4-5-28-22)23(35)31-21-11-19-10-16(2-3-18(19)13-29-21)20-14-30-34(15-20)24(25,26)27/h2-5,10-15H,6-9H2,1H3,(H,29,31,35). The van der Waals surface area contributed by atoms with Gasteiger partial charge in [-0.25, -0.2) is 9.97 Å². The van der Waals surface area contributed by atoms with Crippen LogP contribution >= 0.6 is 0 Å². The van der Waals surface area contributed by atoms with E-state index >= 15 is 0 Å². The van der Waals surface area contributed by atoms with Crippen LogP contribution in [0.25, 0.3) is 21.9 Å². The van der Waals surface area contributed by atoms with E-state index in [0.717, 1.165) is 53.9 Å². The summed E-state index contributed by atoms with van der Waals surface area (Å²) in [4.78, 5) is 26.3. The Labute approximate surface area is 208 Å². The normalized spacial score (nSPS) is 14.8. The molecule has 35 heavy (non-hydrogen) atoms. The Morgan fingerprint density at radius 2 is 1.74 bits per heavy atom. The van der Waals surface area contributed by atoms with Gasteiger partial charge in [0.05, 0.1) is 29.7 Å². The van der Waals surface area contributed by atoms with Gasteiger partial charge in [0.1, 0.15) is 11.6 Å². The zero-order chi connectivity index (χ0) is 24.6. The van der Waals surface area contributed by atoms with Crippen LogP contribution in [-0.2, 0) is 5.24 Å². The smallest absolute Gasteiger partial charge is 0.257 e. The average molecular weight is 457 g/mol. The van der Waals surface area contributed by atoms with Crippen LogP contribution in [-0.4, -0.2) is 87.3 Å². The molecule has 0 aliphatic carbocycles. The lowest BCUT2D eigenvalue weighted by atomic mass is 9.49. The molecule has 8 nitrogen and oxygen atoms in total. The minimum Gasteiger partial charge on any atom is -0.354 e. The highest BCUT2D eigenvalue weighted by Gasteiger charge is 2.17. The van der Waals surface area contributed by atoms with Gasteiger partial charge in [0.2, 0.25) is 0 Å². The lowest BCUT2D eigenvalue weighted by Crippen LogP contribution is -2.44. The first-order valence-electron chi connectivity index (χ1n) is 11.3. The van der Waals surface area contributed by atoms with Crippen molar-refractivity contribution in [1.82, 2.24) is 24.6 Å². The molecule has 0 saturated carbocycles. The van der Waals surface area contributed by atoms with Gasteiger partial charge in [-0.05, 0) is 47.5 Å². The summed E-state index contributed by atoms with van der Waals surface area (Å²) in [5, 5.41) is 7.31. The summed E-state index contributed by atoms with van der Waals surface area (Å²) in [5.41, 5.74) is 2.25. The summed E-state index contributed by atoms with van der Waals surface area (Å²) in [6, 6.07) is 11.2. The number of nitrogens with zero attached hydrogens (tertiary/aromatic N) is 6. The molecule has 168 valence electrons. The summed E-state index contributed by atoms with van der Waals surface area (Å²) in [7, 11) is 19.2. The molecular weight excluding hydrogens is 435 g/mol. The van der Waals surface area contributed by atoms with E-state index in [1.54, 1.807) is 30.9 Å². The Balaban J connectivity index is 1.35. The van der Waals surface area contributed by atoms with Crippen molar-refractivity contribution in [3.63, 3.8) is 0 Å². The molecule has 0 spiro atoms. The van der Waals surface area contributed by atoms with Crippen molar-refractivity contribution >= 4 is 51.9 Å². The van der Waals surface area contributed by atoms with E-state index in [1.807, 2.05) is 30.3 Å².